The summed E-state index contributed by atoms with van der Waals surface area (Å²) in [6.07, 6.45) is 0. The van der Waals surface area contributed by atoms with E-state index in [-0.39, 0.29) is 12.5 Å². The van der Waals surface area contributed by atoms with Gasteiger partial charge in [-0.1, -0.05) is 15.9 Å². The smallest absolute Gasteiger partial charge is 0.269 e. The fourth-order valence-electron chi connectivity index (χ4n) is 2.09. The molecule has 1 aliphatic rings. The molecule has 98 valence electrons. The summed E-state index contributed by atoms with van der Waals surface area (Å²) < 4.78 is 6.29. The maximum atomic E-state index is 12.1. The lowest BCUT2D eigenvalue weighted by Gasteiger charge is -2.29. The number of hydrogen-bond donors (Lipinski definition) is 0. The minimum atomic E-state index is -0.139. The number of nitriles is 1. The van der Waals surface area contributed by atoms with Gasteiger partial charge in [0.05, 0.1) is 17.3 Å². The zero-order chi connectivity index (χ0) is 14.1. The van der Waals surface area contributed by atoms with Gasteiger partial charge in [0, 0.05) is 10.2 Å². The molecule has 0 radical (unpaired) electrons. The number of benzene rings is 2. The molecule has 0 saturated carbocycles. The Bertz CT molecular complexity index is 720. The van der Waals surface area contributed by atoms with Crippen LogP contribution in [0.3, 0.4) is 0 Å². The lowest BCUT2D eigenvalue weighted by Crippen LogP contribution is -2.35. The van der Waals surface area contributed by atoms with Crippen molar-refractivity contribution in [3.8, 4) is 11.8 Å². The quantitative estimate of drug-likeness (QED) is 0.806. The topological polar surface area (TPSA) is 53.3 Å². The Morgan fingerprint density at radius 2 is 1.95 bits per heavy atom. The van der Waals surface area contributed by atoms with Gasteiger partial charge in [-0.3, -0.25) is 9.69 Å². The van der Waals surface area contributed by atoms with Crippen LogP contribution in [0.15, 0.2) is 46.9 Å². The molecule has 1 aliphatic heterocycles. The van der Waals surface area contributed by atoms with E-state index in [4.69, 9.17) is 10.00 Å². The molecule has 0 aromatic heterocycles. The Kier molecular flexibility index (Phi) is 3.17. The zero-order valence-corrected chi connectivity index (χ0v) is 11.9. The van der Waals surface area contributed by atoms with Crippen LogP contribution >= 0.6 is 15.9 Å². The van der Waals surface area contributed by atoms with E-state index in [0.29, 0.717) is 17.0 Å². The van der Waals surface area contributed by atoms with Crippen LogP contribution in [0, 0.1) is 11.3 Å². The van der Waals surface area contributed by atoms with Crippen molar-refractivity contribution in [2.45, 2.75) is 0 Å². The van der Waals surface area contributed by atoms with Crippen molar-refractivity contribution in [3.05, 3.63) is 52.5 Å². The Morgan fingerprint density at radius 1 is 1.20 bits per heavy atom. The number of nitrogens with zero attached hydrogens (tertiary/aromatic N) is 2. The summed E-state index contributed by atoms with van der Waals surface area (Å²) in [4.78, 5) is 13.7. The Balaban J connectivity index is 2.10. The number of fused-ring (bicyclic) bond motifs is 1. The minimum Gasteiger partial charge on any atom is -0.482 e. The molecule has 1 heterocycles. The van der Waals surface area contributed by atoms with Crippen molar-refractivity contribution in [2.24, 2.45) is 0 Å². The number of carbonyl (C=O) groups excluding carboxylic acids is 1. The number of halogens is 1. The SMILES string of the molecule is N#Cc1ccc(N2C(=O)COc3ccc(Br)cc32)cc1. The average Bonchev–Trinajstić information content (AvgIpc) is 2.47. The molecule has 0 bridgehead atoms. The second-order valence-corrected chi connectivity index (χ2v) is 5.20. The highest BCUT2D eigenvalue weighted by molar-refractivity contribution is 9.10. The van der Waals surface area contributed by atoms with Crippen molar-refractivity contribution >= 4 is 33.2 Å². The van der Waals surface area contributed by atoms with Gasteiger partial charge in [0.2, 0.25) is 0 Å². The molecule has 0 fully saturated rings. The summed E-state index contributed by atoms with van der Waals surface area (Å²) >= 11 is 3.40. The van der Waals surface area contributed by atoms with Gasteiger partial charge in [0.25, 0.3) is 5.91 Å². The molecule has 3 rings (SSSR count). The fourth-order valence-corrected chi connectivity index (χ4v) is 2.44. The van der Waals surface area contributed by atoms with E-state index < -0.39 is 0 Å². The number of ether oxygens (including phenoxy) is 1. The number of carbonyl (C=O) groups is 1. The lowest BCUT2D eigenvalue weighted by atomic mass is 10.1. The molecule has 4 nitrogen and oxygen atoms in total. The summed E-state index contributed by atoms with van der Waals surface area (Å²) in [7, 11) is 0. The molecule has 0 aliphatic carbocycles. The first-order valence-corrected chi connectivity index (χ1v) is 6.74. The van der Waals surface area contributed by atoms with Crippen LogP contribution < -0.4 is 9.64 Å². The van der Waals surface area contributed by atoms with E-state index in [9.17, 15) is 4.79 Å². The van der Waals surface area contributed by atoms with E-state index >= 15 is 0 Å². The molecule has 0 atom stereocenters. The number of amides is 1. The van der Waals surface area contributed by atoms with Crippen LogP contribution in [0.5, 0.6) is 5.75 Å². The van der Waals surface area contributed by atoms with E-state index in [1.807, 2.05) is 18.2 Å². The molecule has 20 heavy (non-hydrogen) atoms. The van der Waals surface area contributed by atoms with Crippen LogP contribution in [0.2, 0.25) is 0 Å². The Labute approximate surface area is 124 Å². The van der Waals surface area contributed by atoms with Crippen LogP contribution in [-0.4, -0.2) is 12.5 Å². The molecule has 0 N–H and O–H groups in total. The summed E-state index contributed by atoms with van der Waals surface area (Å²) in [6.45, 7) is 0.00857. The highest BCUT2D eigenvalue weighted by atomic mass is 79.9. The zero-order valence-electron chi connectivity index (χ0n) is 10.3. The fraction of sp³-hybridized carbons (Fsp3) is 0.0667. The van der Waals surface area contributed by atoms with E-state index in [1.54, 1.807) is 29.2 Å². The molecule has 1 amide bonds. The third-order valence-electron chi connectivity index (χ3n) is 3.02. The molecule has 2 aromatic carbocycles. The van der Waals surface area contributed by atoms with Crippen molar-refractivity contribution in [2.75, 3.05) is 11.5 Å². The third kappa shape index (κ3) is 2.15. The molecule has 0 spiro atoms. The number of hydrogen-bond acceptors (Lipinski definition) is 3. The van der Waals surface area contributed by atoms with Crippen LogP contribution in [-0.2, 0) is 4.79 Å². The van der Waals surface area contributed by atoms with Crippen molar-refractivity contribution in [1.82, 2.24) is 0 Å². The van der Waals surface area contributed by atoms with Crippen LogP contribution in [0.25, 0.3) is 0 Å². The second kappa shape index (κ2) is 4.99. The standard InChI is InChI=1S/C15H9BrN2O2/c16-11-3-6-14-13(7-11)18(15(19)9-20-14)12-4-1-10(8-17)2-5-12/h1-7H,9H2. The predicted octanol–water partition coefficient (Wildman–Crippen LogP) is 3.38. The Morgan fingerprint density at radius 3 is 2.65 bits per heavy atom. The van der Waals surface area contributed by atoms with Gasteiger partial charge >= 0.3 is 0 Å². The molecule has 2 aromatic rings. The molecule has 0 saturated heterocycles. The van der Waals surface area contributed by atoms with Crippen molar-refractivity contribution < 1.29 is 9.53 Å². The van der Waals surface area contributed by atoms with Gasteiger partial charge in [-0.15, -0.1) is 0 Å². The van der Waals surface area contributed by atoms with Gasteiger partial charge in [0.1, 0.15) is 5.75 Å². The highest BCUT2D eigenvalue weighted by Gasteiger charge is 2.27. The molecule has 5 heteroatoms. The highest BCUT2D eigenvalue weighted by Crippen LogP contribution is 2.38. The van der Waals surface area contributed by atoms with E-state index in [0.717, 1.165) is 10.2 Å². The first-order chi connectivity index (χ1) is 9.69. The van der Waals surface area contributed by atoms with Gasteiger partial charge in [-0.2, -0.15) is 5.26 Å². The van der Waals surface area contributed by atoms with Crippen LogP contribution in [0.4, 0.5) is 11.4 Å². The number of rotatable bonds is 1. The van der Waals surface area contributed by atoms with Crippen molar-refractivity contribution in [1.29, 1.82) is 5.26 Å². The third-order valence-corrected chi connectivity index (χ3v) is 3.51. The maximum absolute atomic E-state index is 12.1. The lowest BCUT2D eigenvalue weighted by molar-refractivity contribution is -0.120. The maximum Gasteiger partial charge on any atom is 0.269 e. The summed E-state index contributed by atoms with van der Waals surface area (Å²) in [5.74, 6) is 0.525. The van der Waals surface area contributed by atoms with E-state index in [2.05, 4.69) is 22.0 Å². The molecular weight excluding hydrogens is 320 g/mol. The Hall–Kier alpha value is -2.32. The van der Waals surface area contributed by atoms with Crippen LogP contribution in [0.1, 0.15) is 5.56 Å². The normalized spacial score (nSPS) is 13.4. The summed E-state index contributed by atoms with van der Waals surface area (Å²) in [5.41, 5.74) is 1.97. The largest absolute Gasteiger partial charge is 0.482 e. The van der Waals surface area contributed by atoms with E-state index in [1.165, 1.54) is 0 Å². The van der Waals surface area contributed by atoms with Gasteiger partial charge < -0.3 is 4.74 Å². The summed E-state index contributed by atoms with van der Waals surface area (Å²) in [5, 5.41) is 8.83. The van der Waals surface area contributed by atoms with Gasteiger partial charge in [-0.25, -0.2) is 0 Å². The number of anilines is 2. The average molecular weight is 329 g/mol. The minimum absolute atomic E-state index is 0.00857. The van der Waals surface area contributed by atoms with Gasteiger partial charge in [-0.05, 0) is 42.5 Å². The first kappa shape index (κ1) is 12.7. The second-order valence-electron chi connectivity index (χ2n) is 4.29. The predicted molar refractivity (Wildman–Crippen MR) is 77.9 cm³/mol. The molecule has 0 unspecified atom stereocenters. The monoisotopic (exact) mass is 328 g/mol. The molecular formula is C15H9BrN2O2. The van der Waals surface area contributed by atoms with Crippen molar-refractivity contribution in [3.63, 3.8) is 0 Å². The van der Waals surface area contributed by atoms with Gasteiger partial charge in [0.15, 0.2) is 6.61 Å². The summed E-state index contributed by atoms with van der Waals surface area (Å²) in [6, 6.07) is 14.5. The first-order valence-electron chi connectivity index (χ1n) is 5.94.